The minimum absolute atomic E-state index is 0.0939. The van der Waals surface area contributed by atoms with Crippen molar-refractivity contribution >= 4 is 11.8 Å². The summed E-state index contributed by atoms with van der Waals surface area (Å²) in [5, 5.41) is 2.65. The van der Waals surface area contributed by atoms with Gasteiger partial charge in [0.2, 0.25) is 0 Å². The molecule has 0 spiro atoms. The standard InChI is InChI=1S/C10H17N3O2/c1-3-15-10(14)13-8-5-4-7(11)6-9(8)12-2/h5,7H,3-4,6,11H2,1-2H3,(H,13,14). The third kappa shape index (κ3) is 3.36. The minimum Gasteiger partial charge on any atom is -0.450 e. The number of rotatable bonds is 2. The zero-order valence-electron chi connectivity index (χ0n) is 9.12. The van der Waals surface area contributed by atoms with Gasteiger partial charge in [-0.25, -0.2) is 4.79 Å². The Morgan fingerprint density at radius 2 is 2.53 bits per heavy atom. The van der Waals surface area contributed by atoms with Gasteiger partial charge in [0.05, 0.1) is 18.0 Å². The molecule has 3 N–H and O–H groups in total. The van der Waals surface area contributed by atoms with Crippen LogP contribution in [0.1, 0.15) is 19.8 Å². The van der Waals surface area contributed by atoms with E-state index in [4.69, 9.17) is 10.5 Å². The number of nitrogens with one attached hydrogen (secondary N) is 1. The summed E-state index contributed by atoms with van der Waals surface area (Å²) in [7, 11) is 1.69. The predicted molar refractivity (Wildman–Crippen MR) is 58.8 cm³/mol. The van der Waals surface area contributed by atoms with E-state index < -0.39 is 6.09 Å². The highest BCUT2D eigenvalue weighted by atomic mass is 16.5. The Kier molecular flexibility index (Phi) is 4.30. The molecule has 0 aliphatic heterocycles. The number of carbonyl (C=O) groups excluding carboxylic acids is 1. The number of aliphatic imine (C=N–C) groups is 1. The monoisotopic (exact) mass is 211 g/mol. The molecule has 15 heavy (non-hydrogen) atoms. The Hall–Kier alpha value is -1.36. The molecule has 1 aliphatic carbocycles. The van der Waals surface area contributed by atoms with Crippen LogP contribution in [0, 0.1) is 0 Å². The average molecular weight is 211 g/mol. The van der Waals surface area contributed by atoms with Gasteiger partial charge >= 0.3 is 6.09 Å². The normalized spacial score (nSPS) is 23.5. The van der Waals surface area contributed by atoms with Gasteiger partial charge in [0, 0.05) is 19.5 Å². The fourth-order valence-corrected chi connectivity index (χ4v) is 1.44. The first-order chi connectivity index (χ1) is 7.17. The van der Waals surface area contributed by atoms with Gasteiger partial charge in [-0.15, -0.1) is 0 Å². The lowest BCUT2D eigenvalue weighted by Crippen LogP contribution is -2.35. The fourth-order valence-electron chi connectivity index (χ4n) is 1.44. The van der Waals surface area contributed by atoms with E-state index in [1.165, 1.54) is 0 Å². The van der Waals surface area contributed by atoms with Gasteiger partial charge < -0.3 is 10.5 Å². The molecule has 1 rings (SSSR count). The number of carbonyl (C=O) groups is 1. The quantitative estimate of drug-likeness (QED) is 0.709. The van der Waals surface area contributed by atoms with Crippen LogP contribution in [0.5, 0.6) is 0 Å². The minimum atomic E-state index is -0.444. The second kappa shape index (κ2) is 5.50. The molecular weight excluding hydrogens is 194 g/mol. The molecule has 0 saturated carbocycles. The molecule has 1 unspecified atom stereocenters. The Morgan fingerprint density at radius 3 is 3.13 bits per heavy atom. The van der Waals surface area contributed by atoms with Crippen LogP contribution in [0.4, 0.5) is 4.79 Å². The maximum absolute atomic E-state index is 11.2. The largest absolute Gasteiger partial charge is 0.450 e. The lowest BCUT2D eigenvalue weighted by atomic mass is 9.98. The zero-order valence-corrected chi connectivity index (χ0v) is 9.12. The zero-order chi connectivity index (χ0) is 11.3. The van der Waals surface area contributed by atoms with Crippen molar-refractivity contribution in [2.45, 2.75) is 25.8 Å². The topological polar surface area (TPSA) is 76.7 Å². The average Bonchev–Trinajstić information content (AvgIpc) is 2.21. The van der Waals surface area contributed by atoms with Gasteiger partial charge in [0.1, 0.15) is 0 Å². The summed E-state index contributed by atoms with van der Waals surface area (Å²) >= 11 is 0. The summed E-state index contributed by atoms with van der Waals surface area (Å²) in [5.41, 5.74) is 7.32. The van der Waals surface area contributed by atoms with Crippen LogP contribution >= 0.6 is 0 Å². The summed E-state index contributed by atoms with van der Waals surface area (Å²) < 4.78 is 4.79. The summed E-state index contributed by atoms with van der Waals surface area (Å²) in [5.74, 6) is 0. The molecule has 0 heterocycles. The SMILES string of the molecule is CCOC(=O)NC1=CCC(N)CC1=NC. The van der Waals surface area contributed by atoms with E-state index in [2.05, 4.69) is 10.3 Å². The maximum atomic E-state index is 11.2. The molecule has 5 nitrogen and oxygen atoms in total. The summed E-state index contributed by atoms with van der Waals surface area (Å²) in [4.78, 5) is 15.3. The van der Waals surface area contributed by atoms with Crippen LogP contribution in [0.15, 0.2) is 16.8 Å². The van der Waals surface area contributed by atoms with Crippen LogP contribution in [-0.4, -0.2) is 31.5 Å². The van der Waals surface area contributed by atoms with Crippen molar-refractivity contribution in [2.75, 3.05) is 13.7 Å². The smallest absolute Gasteiger partial charge is 0.411 e. The van der Waals surface area contributed by atoms with E-state index in [0.717, 1.165) is 17.8 Å². The number of allylic oxidation sites excluding steroid dienone is 1. The van der Waals surface area contributed by atoms with Crippen LogP contribution in [0.25, 0.3) is 0 Å². The molecule has 0 aromatic rings. The first-order valence-corrected chi connectivity index (χ1v) is 5.03. The first-order valence-electron chi connectivity index (χ1n) is 5.03. The van der Waals surface area contributed by atoms with Crippen LogP contribution in [0.3, 0.4) is 0 Å². The van der Waals surface area contributed by atoms with Crippen molar-refractivity contribution in [2.24, 2.45) is 10.7 Å². The molecule has 5 heteroatoms. The van der Waals surface area contributed by atoms with Gasteiger partial charge in [0.15, 0.2) is 0 Å². The molecular formula is C10H17N3O2. The van der Waals surface area contributed by atoms with E-state index in [1.807, 2.05) is 6.08 Å². The van der Waals surface area contributed by atoms with E-state index in [1.54, 1.807) is 14.0 Å². The number of hydrogen-bond acceptors (Lipinski definition) is 4. The van der Waals surface area contributed by atoms with E-state index in [0.29, 0.717) is 13.0 Å². The highest BCUT2D eigenvalue weighted by Crippen LogP contribution is 2.12. The Balaban J connectivity index is 2.63. The molecule has 1 aliphatic rings. The Bertz CT molecular complexity index is 297. The van der Waals surface area contributed by atoms with Crippen molar-refractivity contribution in [1.29, 1.82) is 0 Å². The second-order valence-electron chi connectivity index (χ2n) is 3.33. The summed E-state index contributed by atoms with van der Waals surface area (Å²) in [6, 6.07) is 0.0939. The number of ether oxygens (including phenoxy) is 1. The van der Waals surface area contributed by atoms with Crippen molar-refractivity contribution in [1.82, 2.24) is 5.32 Å². The third-order valence-electron chi connectivity index (χ3n) is 2.17. The second-order valence-corrected chi connectivity index (χ2v) is 3.33. The lowest BCUT2D eigenvalue weighted by molar-refractivity contribution is 0.155. The molecule has 0 bridgehead atoms. The maximum Gasteiger partial charge on any atom is 0.411 e. The summed E-state index contributed by atoms with van der Waals surface area (Å²) in [6.07, 6.45) is 2.88. The molecule has 0 aromatic carbocycles. The van der Waals surface area contributed by atoms with Gasteiger partial charge in [-0.1, -0.05) is 6.08 Å². The van der Waals surface area contributed by atoms with Gasteiger partial charge in [-0.2, -0.15) is 0 Å². The first kappa shape index (κ1) is 11.7. The van der Waals surface area contributed by atoms with Crippen LogP contribution in [-0.2, 0) is 4.74 Å². The van der Waals surface area contributed by atoms with Crippen molar-refractivity contribution in [3.05, 3.63) is 11.8 Å². The van der Waals surface area contributed by atoms with Crippen molar-refractivity contribution in [3.63, 3.8) is 0 Å². The predicted octanol–water partition coefficient (Wildman–Crippen LogP) is 0.808. The molecule has 0 radical (unpaired) electrons. The Labute approximate surface area is 89.4 Å². The van der Waals surface area contributed by atoms with Crippen LogP contribution in [0.2, 0.25) is 0 Å². The molecule has 1 amide bonds. The van der Waals surface area contributed by atoms with Gasteiger partial charge in [-0.05, 0) is 13.3 Å². The highest BCUT2D eigenvalue weighted by molar-refractivity contribution is 6.03. The van der Waals surface area contributed by atoms with E-state index in [9.17, 15) is 4.79 Å². The van der Waals surface area contributed by atoms with Crippen LogP contribution < -0.4 is 11.1 Å². The molecule has 0 fully saturated rings. The van der Waals surface area contributed by atoms with Crippen molar-refractivity contribution in [3.8, 4) is 0 Å². The van der Waals surface area contributed by atoms with E-state index >= 15 is 0 Å². The third-order valence-corrected chi connectivity index (χ3v) is 2.17. The molecule has 1 atom stereocenters. The number of amides is 1. The van der Waals surface area contributed by atoms with Gasteiger partial charge in [-0.3, -0.25) is 10.3 Å². The van der Waals surface area contributed by atoms with E-state index in [-0.39, 0.29) is 6.04 Å². The number of nitrogens with zero attached hydrogens (tertiary/aromatic N) is 1. The van der Waals surface area contributed by atoms with Gasteiger partial charge in [0.25, 0.3) is 0 Å². The molecule has 0 aromatic heterocycles. The van der Waals surface area contributed by atoms with Crippen molar-refractivity contribution < 1.29 is 9.53 Å². The number of alkyl carbamates (subject to hydrolysis) is 1. The highest BCUT2D eigenvalue weighted by Gasteiger charge is 2.18. The summed E-state index contributed by atoms with van der Waals surface area (Å²) in [6.45, 7) is 2.12. The number of nitrogens with two attached hydrogens (primary N) is 1. The Morgan fingerprint density at radius 1 is 1.80 bits per heavy atom. The lowest BCUT2D eigenvalue weighted by Gasteiger charge is -2.20. The number of hydrogen-bond donors (Lipinski definition) is 2. The fraction of sp³-hybridized carbons (Fsp3) is 0.600. The molecule has 0 saturated heterocycles. The molecule has 84 valence electrons.